The van der Waals surface area contributed by atoms with E-state index in [1.165, 1.54) is 30.3 Å². The van der Waals surface area contributed by atoms with Crippen LogP contribution in [0, 0.1) is 11.6 Å². The Balaban J connectivity index is 1.88. The summed E-state index contributed by atoms with van der Waals surface area (Å²) >= 11 is 0. The fraction of sp³-hybridized carbons (Fsp3) is 0.154. The van der Waals surface area contributed by atoms with Crippen LogP contribution in [-0.4, -0.2) is 28.0 Å². The van der Waals surface area contributed by atoms with Crippen molar-refractivity contribution in [1.82, 2.24) is 0 Å². The highest BCUT2D eigenvalue weighted by molar-refractivity contribution is 6.51. The molecule has 0 saturated carbocycles. The van der Waals surface area contributed by atoms with E-state index >= 15 is 0 Å². The molecule has 1 fully saturated rings. The first kappa shape index (κ1) is 23.0. The summed E-state index contributed by atoms with van der Waals surface area (Å²) in [4.78, 5) is 27.1. The summed E-state index contributed by atoms with van der Waals surface area (Å²) in [7, 11) is 0. The summed E-state index contributed by atoms with van der Waals surface area (Å²) in [5.41, 5.74) is 0.224. The van der Waals surface area contributed by atoms with E-state index in [-0.39, 0.29) is 28.7 Å². The van der Waals surface area contributed by atoms with Crippen molar-refractivity contribution in [3.63, 3.8) is 0 Å². The Kier molecular flexibility index (Phi) is 6.06. The van der Waals surface area contributed by atoms with Crippen molar-refractivity contribution >= 4 is 23.1 Å². The molecule has 0 aromatic heterocycles. The Morgan fingerprint density at radius 2 is 1.68 bits per heavy atom. The number of amides is 1. The van der Waals surface area contributed by atoms with Gasteiger partial charge in [-0.3, -0.25) is 14.5 Å². The first-order valence-corrected chi connectivity index (χ1v) is 10.5. The van der Waals surface area contributed by atoms with Crippen molar-refractivity contribution < 1.29 is 33.3 Å². The minimum atomic E-state index is -1.20. The highest BCUT2D eigenvalue weighted by atomic mass is 19.2. The molecule has 3 aromatic carbocycles. The summed E-state index contributed by atoms with van der Waals surface area (Å²) in [6, 6.07) is 13.7. The molecule has 4 rings (SSSR count). The lowest BCUT2D eigenvalue weighted by Gasteiger charge is -2.25. The molecule has 174 valence electrons. The van der Waals surface area contributed by atoms with Crippen LogP contribution >= 0.6 is 0 Å². The molecule has 1 amide bonds. The van der Waals surface area contributed by atoms with E-state index in [1.54, 1.807) is 18.2 Å². The Morgan fingerprint density at radius 3 is 2.29 bits per heavy atom. The van der Waals surface area contributed by atoms with E-state index in [4.69, 9.17) is 4.74 Å². The molecule has 1 heterocycles. The second-order valence-electron chi connectivity index (χ2n) is 8.05. The molecule has 1 aliphatic rings. The minimum absolute atomic E-state index is 0.0633. The van der Waals surface area contributed by atoms with Gasteiger partial charge in [0, 0.05) is 17.3 Å². The fourth-order valence-electron chi connectivity index (χ4n) is 3.86. The van der Waals surface area contributed by atoms with Crippen LogP contribution in [0.25, 0.3) is 5.76 Å². The van der Waals surface area contributed by atoms with E-state index in [1.807, 2.05) is 13.8 Å². The molecule has 2 N–H and O–H groups in total. The number of ketones is 1. The maximum absolute atomic E-state index is 14.0. The summed E-state index contributed by atoms with van der Waals surface area (Å²) in [6.07, 6.45) is -0.0633. The van der Waals surface area contributed by atoms with Crippen molar-refractivity contribution in [3.8, 4) is 11.5 Å². The molecular weight excluding hydrogens is 444 g/mol. The Bertz CT molecular complexity index is 1300. The van der Waals surface area contributed by atoms with Crippen LogP contribution in [0.1, 0.15) is 31.0 Å². The number of halogens is 2. The van der Waals surface area contributed by atoms with Crippen molar-refractivity contribution in [1.29, 1.82) is 0 Å². The average Bonchev–Trinajstić information content (AvgIpc) is 3.06. The number of benzene rings is 3. The zero-order valence-electron chi connectivity index (χ0n) is 18.3. The van der Waals surface area contributed by atoms with Gasteiger partial charge in [0.15, 0.2) is 11.6 Å². The lowest BCUT2D eigenvalue weighted by molar-refractivity contribution is -0.132. The van der Waals surface area contributed by atoms with E-state index < -0.39 is 35.1 Å². The number of anilines is 1. The van der Waals surface area contributed by atoms with Crippen LogP contribution in [0.5, 0.6) is 11.5 Å². The molecule has 1 atom stereocenters. The number of carbonyl (C=O) groups is 2. The van der Waals surface area contributed by atoms with Crippen LogP contribution < -0.4 is 9.64 Å². The van der Waals surface area contributed by atoms with Gasteiger partial charge in [-0.1, -0.05) is 12.1 Å². The molecule has 0 aliphatic carbocycles. The molecule has 1 saturated heterocycles. The molecule has 0 radical (unpaired) electrons. The van der Waals surface area contributed by atoms with E-state index in [0.717, 1.165) is 23.1 Å². The first-order chi connectivity index (χ1) is 16.2. The van der Waals surface area contributed by atoms with Crippen LogP contribution in [0.4, 0.5) is 14.5 Å². The second kappa shape index (κ2) is 8.97. The molecule has 0 spiro atoms. The third kappa shape index (κ3) is 4.22. The number of aromatic hydroxyl groups is 1. The number of carbonyl (C=O) groups excluding carboxylic acids is 2. The van der Waals surface area contributed by atoms with E-state index in [2.05, 4.69) is 0 Å². The van der Waals surface area contributed by atoms with Crippen molar-refractivity contribution in [2.45, 2.75) is 26.0 Å². The van der Waals surface area contributed by atoms with Gasteiger partial charge in [0.05, 0.1) is 17.7 Å². The first-order valence-electron chi connectivity index (χ1n) is 10.5. The normalized spacial score (nSPS) is 17.4. The third-order valence-electron chi connectivity index (χ3n) is 5.31. The second-order valence-corrected chi connectivity index (χ2v) is 8.05. The number of phenolic OH excluding ortho intramolecular Hbond substituents is 1. The number of ether oxygens (including phenoxy) is 1. The van der Waals surface area contributed by atoms with Gasteiger partial charge in [0.1, 0.15) is 17.3 Å². The largest absolute Gasteiger partial charge is 0.508 e. The third-order valence-corrected chi connectivity index (χ3v) is 5.31. The molecule has 6 nitrogen and oxygen atoms in total. The smallest absolute Gasteiger partial charge is 0.300 e. The van der Waals surface area contributed by atoms with Crippen LogP contribution in [0.2, 0.25) is 0 Å². The number of rotatable bonds is 5. The molecular formula is C26H21F2NO5. The molecule has 8 heteroatoms. The highest BCUT2D eigenvalue weighted by Crippen LogP contribution is 2.43. The molecule has 34 heavy (non-hydrogen) atoms. The topological polar surface area (TPSA) is 87.1 Å². The Labute approximate surface area is 194 Å². The van der Waals surface area contributed by atoms with Crippen LogP contribution in [0.15, 0.2) is 72.3 Å². The van der Waals surface area contributed by atoms with Gasteiger partial charge in [0.2, 0.25) is 0 Å². The maximum atomic E-state index is 14.0. The van der Waals surface area contributed by atoms with Gasteiger partial charge < -0.3 is 14.9 Å². The van der Waals surface area contributed by atoms with Gasteiger partial charge in [-0.2, -0.15) is 0 Å². The number of phenols is 1. The number of hydrogen-bond acceptors (Lipinski definition) is 5. The minimum Gasteiger partial charge on any atom is -0.508 e. The van der Waals surface area contributed by atoms with Gasteiger partial charge in [0.25, 0.3) is 11.7 Å². The fourth-order valence-corrected chi connectivity index (χ4v) is 3.86. The van der Waals surface area contributed by atoms with Crippen LogP contribution in [0.3, 0.4) is 0 Å². The summed E-state index contributed by atoms with van der Waals surface area (Å²) in [5, 5.41) is 21.1. The highest BCUT2D eigenvalue weighted by Gasteiger charge is 2.47. The predicted molar refractivity (Wildman–Crippen MR) is 121 cm³/mol. The summed E-state index contributed by atoms with van der Waals surface area (Å²) < 4.78 is 33.1. The lowest BCUT2D eigenvalue weighted by Crippen LogP contribution is -2.29. The van der Waals surface area contributed by atoms with Gasteiger partial charge in [-0.15, -0.1) is 0 Å². The van der Waals surface area contributed by atoms with Gasteiger partial charge in [-0.25, -0.2) is 8.78 Å². The van der Waals surface area contributed by atoms with Gasteiger partial charge >= 0.3 is 0 Å². The standard InChI is InChI=1S/C26H21F2NO5/c1-14(2)34-19-9-6-15(7-10-19)24(31)22-23(16-4-3-5-18(30)12-16)29(26(33)25(22)32)17-8-11-20(27)21(28)13-17/h3-14,23,30-31H,1-2H3/b24-22+. The Morgan fingerprint density at radius 1 is 0.971 bits per heavy atom. The molecule has 3 aromatic rings. The number of aliphatic hydroxyl groups is 1. The van der Waals surface area contributed by atoms with E-state index in [0.29, 0.717) is 11.3 Å². The van der Waals surface area contributed by atoms with Crippen molar-refractivity contribution in [2.75, 3.05) is 4.90 Å². The SMILES string of the molecule is CC(C)Oc1ccc(/C(O)=C2\C(=O)C(=O)N(c3ccc(F)c(F)c3)C2c2cccc(O)c2)cc1. The Hall–Kier alpha value is -4.20. The number of nitrogens with zero attached hydrogens (tertiary/aromatic N) is 1. The van der Waals surface area contributed by atoms with Gasteiger partial charge in [-0.05, 0) is 67.9 Å². The number of hydrogen-bond donors (Lipinski definition) is 2. The summed E-state index contributed by atoms with van der Waals surface area (Å²) in [5.74, 6) is -4.37. The zero-order valence-corrected chi connectivity index (χ0v) is 18.3. The quantitative estimate of drug-likeness (QED) is 0.312. The molecule has 1 unspecified atom stereocenters. The van der Waals surface area contributed by atoms with E-state index in [9.17, 15) is 28.6 Å². The lowest BCUT2D eigenvalue weighted by atomic mass is 9.95. The molecule has 1 aliphatic heterocycles. The zero-order chi connectivity index (χ0) is 24.6. The summed E-state index contributed by atoms with van der Waals surface area (Å²) in [6.45, 7) is 3.73. The number of aliphatic hydroxyl groups excluding tert-OH is 1. The molecule has 0 bridgehead atoms. The average molecular weight is 465 g/mol. The monoisotopic (exact) mass is 465 g/mol. The van der Waals surface area contributed by atoms with Crippen LogP contribution in [-0.2, 0) is 9.59 Å². The number of Topliss-reactive ketones (excluding diaryl/α,β-unsaturated/α-hetero) is 1. The van der Waals surface area contributed by atoms with Crippen molar-refractivity contribution in [2.24, 2.45) is 0 Å². The maximum Gasteiger partial charge on any atom is 0.300 e. The van der Waals surface area contributed by atoms with Crippen molar-refractivity contribution in [3.05, 3.63) is 95.1 Å². The predicted octanol–water partition coefficient (Wildman–Crippen LogP) is 5.08.